The van der Waals surface area contributed by atoms with E-state index in [2.05, 4.69) is 21.0 Å². The lowest BCUT2D eigenvalue weighted by molar-refractivity contribution is 0.0697. The predicted molar refractivity (Wildman–Crippen MR) is 146 cm³/mol. The number of methoxy groups -OCH3 is 1. The third-order valence-corrected chi connectivity index (χ3v) is 6.10. The van der Waals surface area contributed by atoms with Crippen molar-refractivity contribution < 1.29 is 19.4 Å². The van der Waals surface area contributed by atoms with Gasteiger partial charge in [0.15, 0.2) is 11.5 Å². The average Bonchev–Trinajstić information content (AvgIpc) is 2.86. The van der Waals surface area contributed by atoms with Gasteiger partial charge in [-0.3, -0.25) is 4.79 Å². The van der Waals surface area contributed by atoms with Gasteiger partial charge in [-0.05, 0) is 48.0 Å². The van der Waals surface area contributed by atoms with Gasteiger partial charge < -0.3 is 14.6 Å². The number of benzene rings is 3. The van der Waals surface area contributed by atoms with Crippen LogP contribution in [0.15, 0.2) is 75.0 Å². The Kier molecular flexibility index (Phi) is 7.45. The highest BCUT2D eigenvalue weighted by Crippen LogP contribution is 2.31. The molecule has 0 saturated carbocycles. The summed E-state index contributed by atoms with van der Waals surface area (Å²) in [5.41, 5.74) is 1.45. The molecule has 0 spiro atoms. The van der Waals surface area contributed by atoms with Crippen molar-refractivity contribution in [1.29, 1.82) is 0 Å². The maximum absolute atomic E-state index is 13.5. The fourth-order valence-electron chi connectivity index (χ4n) is 3.71. The zero-order valence-corrected chi connectivity index (χ0v) is 22.4. The molecule has 9 heteroatoms. The van der Waals surface area contributed by atoms with Crippen LogP contribution in [0.3, 0.4) is 0 Å². The number of hydrogen-bond acceptors (Lipinski definition) is 6. The molecule has 0 unspecified atom stereocenters. The summed E-state index contributed by atoms with van der Waals surface area (Å²) in [7, 11) is 1.54. The Morgan fingerprint density at radius 3 is 2.51 bits per heavy atom. The van der Waals surface area contributed by atoms with E-state index in [1.165, 1.54) is 23.9 Å². The number of fused-ring (bicyclic) bond motifs is 1. The van der Waals surface area contributed by atoms with E-state index in [1.54, 1.807) is 42.6 Å². The maximum Gasteiger partial charge on any atom is 0.335 e. The third kappa shape index (κ3) is 5.72. The monoisotopic (exact) mass is 563 g/mol. The van der Waals surface area contributed by atoms with Gasteiger partial charge in [-0.1, -0.05) is 54.9 Å². The van der Waals surface area contributed by atoms with Crippen molar-refractivity contribution in [1.82, 2.24) is 9.66 Å². The second-order valence-electron chi connectivity index (χ2n) is 9.38. The fraction of sp³-hybridized carbons (Fsp3) is 0.214. The van der Waals surface area contributed by atoms with Crippen LogP contribution in [-0.2, 0) is 12.0 Å². The van der Waals surface area contributed by atoms with Gasteiger partial charge >= 0.3 is 5.97 Å². The van der Waals surface area contributed by atoms with E-state index in [0.29, 0.717) is 33.8 Å². The molecule has 3 aromatic carbocycles. The molecule has 190 valence electrons. The van der Waals surface area contributed by atoms with Crippen molar-refractivity contribution in [2.75, 3.05) is 7.11 Å². The number of ether oxygens (including phenoxy) is 2. The molecule has 1 N–H and O–H groups in total. The molecule has 0 aliphatic carbocycles. The average molecular weight is 564 g/mol. The molecule has 0 saturated heterocycles. The molecule has 0 amide bonds. The van der Waals surface area contributed by atoms with Crippen LogP contribution in [0.2, 0.25) is 0 Å². The van der Waals surface area contributed by atoms with E-state index in [9.17, 15) is 9.59 Å². The second-order valence-corrected chi connectivity index (χ2v) is 10.3. The zero-order chi connectivity index (χ0) is 26.7. The quantitative estimate of drug-likeness (QED) is 0.292. The first-order valence-corrected chi connectivity index (χ1v) is 12.3. The van der Waals surface area contributed by atoms with Crippen molar-refractivity contribution in [3.63, 3.8) is 0 Å². The largest absolute Gasteiger partial charge is 0.493 e. The van der Waals surface area contributed by atoms with E-state index in [1.807, 2.05) is 32.9 Å². The Morgan fingerprint density at radius 2 is 1.86 bits per heavy atom. The Morgan fingerprint density at radius 1 is 1.14 bits per heavy atom. The van der Waals surface area contributed by atoms with Gasteiger partial charge in [0.05, 0.1) is 29.8 Å². The minimum atomic E-state index is -0.990. The molecule has 4 aromatic rings. The summed E-state index contributed by atoms with van der Waals surface area (Å²) in [5, 5.41) is 14.1. The number of rotatable bonds is 7. The van der Waals surface area contributed by atoms with Crippen LogP contribution in [0.25, 0.3) is 10.9 Å². The summed E-state index contributed by atoms with van der Waals surface area (Å²) in [6.45, 7) is 6.10. The molecule has 4 rings (SSSR count). The highest BCUT2D eigenvalue weighted by molar-refractivity contribution is 9.10. The molecule has 0 aliphatic rings. The fourth-order valence-corrected chi connectivity index (χ4v) is 4.07. The first kappa shape index (κ1) is 26.1. The minimum Gasteiger partial charge on any atom is -0.493 e. The Bertz CT molecular complexity index is 1550. The third-order valence-electron chi connectivity index (χ3n) is 5.60. The second kappa shape index (κ2) is 10.6. The highest BCUT2D eigenvalue weighted by Gasteiger charge is 2.23. The maximum atomic E-state index is 13.5. The number of para-hydroxylation sites is 1. The summed E-state index contributed by atoms with van der Waals surface area (Å²) < 4.78 is 13.7. The first-order valence-electron chi connectivity index (χ1n) is 11.5. The van der Waals surface area contributed by atoms with Crippen LogP contribution in [0, 0.1) is 0 Å². The van der Waals surface area contributed by atoms with Crippen LogP contribution < -0.4 is 15.0 Å². The van der Waals surface area contributed by atoms with E-state index < -0.39 is 11.4 Å². The molecule has 8 nitrogen and oxygen atoms in total. The number of nitrogens with zero attached hydrogens (tertiary/aromatic N) is 3. The normalized spacial score (nSPS) is 11.7. The Hall–Kier alpha value is -3.98. The number of hydrogen-bond donors (Lipinski definition) is 1. The number of halogens is 1. The van der Waals surface area contributed by atoms with Crippen molar-refractivity contribution in [3.05, 3.63) is 98.0 Å². The molecule has 0 atom stereocenters. The van der Waals surface area contributed by atoms with Gasteiger partial charge in [-0.25, -0.2) is 9.78 Å². The topological polar surface area (TPSA) is 103 Å². The standard InChI is InChI=1S/C28H26BrN3O5/c1-28(2,3)27-31-22-13-12-20(29)14-21(22)25(33)32(27)30-15-19-6-5-7-23(36-4)24(19)37-16-17-8-10-18(11-9-17)26(34)35/h5-15H,16H2,1-4H3,(H,34,35). The van der Waals surface area contributed by atoms with E-state index in [0.717, 1.165) is 10.0 Å². The molecule has 37 heavy (non-hydrogen) atoms. The Balaban J connectivity index is 1.74. The van der Waals surface area contributed by atoms with Crippen LogP contribution in [0.5, 0.6) is 11.5 Å². The number of carboxylic acids is 1. The molecule has 1 aromatic heterocycles. The van der Waals surface area contributed by atoms with Crippen LogP contribution >= 0.6 is 15.9 Å². The smallest absolute Gasteiger partial charge is 0.335 e. The van der Waals surface area contributed by atoms with Crippen LogP contribution in [0.4, 0.5) is 0 Å². The summed E-state index contributed by atoms with van der Waals surface area (Å²) in [6, 6.07) is 17.2. The van der Waals surface area contributed by atoms with Gasteiger partial charge in [0.1, 0.15) is 12.4 Å². The number of carboxylic acid groups (broad SMARTS) is 1. The number of aromatic nitrogens is 2. The van der Waals surface area contributed by atoms with Gasteiger partial charge in [-0.15, -0.1) is 0 Å². The number of carbonyl (C=O) groups is 1. The molecular weight excluding hydrogens is 538 g/mol. The first-order chi connectivity index (χ1) is 17.6. The van der Waals surface area contributed by atoms with Gasteiger partial charge in [-0.2, -0.15) is 9.78 Å². The van der Waals surface area contributed by atoms with Gasteiger partial charge in [0.25, 0.3) is 5.56 Å². The van der Waals surface area contributed by atoms with Crippen molar-refractivity contribution in [2.45, 2.75) is 32.8 Å². The van der Waals surface area contributed by atoms with Crippen molar-refractivity contribution in [3.8, 4) is 11.5 Å². The SMILES string of the molecule is COc1cccc(C=Nn2c(C(C)(C)C)nc3ccc(Br)cc3c2=O)c1OCc1ccc(C(=O)O)cc1. The van der Waals surface area contributed by atoms with Gasteiger partial charge in [0.2, 0.25) is 0 Å². The molecule has 1 heterocycles. The number of aromatic carboxylic acids is 1. The highest BCUT2D eigenvalue weighted by atomic mass is 79.9. The van der Waals surface area contributed by atoms with Crippen molar-refractivity contribution in [2.24, 2.45) is 5.10 Å². The summed E-state index contributed by atoms with van der Waals surface area (Å²) in [4.78, 5) is 29.3. The van der Waals surface area contributed by atoms with Crippen molar-refractivity contribution >= 4 is 39.0 Å². The van der Waals surface area contributed by atoms with E-state index in [4.69, 9.17) is 19.6 Å². The van der Waals surface area contributed by atoms with Crippen LogP contribution in [0.1, 0.15) is 48.1 Å². The molecule has 0 bridgehead atoms. The van der Waals surface area contributed by atoms with Crippen LogP contribution in [-0.4, -0.2) is 34.1 Å². The van der Waals surface area contributed by atoms with E-state index >= 15 is 0 Å². The summed E-state index contributed by atoms with van der Waals surface area (Å²) in [5.74, 6) is 0.469. The lowest BCUT2D eigenvalue weighted by atomic mass is 9.95. The Labute approximate surface area is 222 Å². The lowest BCUT2D eigenvalue weighted by Crippen LogP contribution is -2.29. The zero-order valence-electron chi connectivity index (χ0n) is 20.9. The molecule has 0 radical (unpaired) electrons. The predicted octanol–water partition coefficient (Wildman–Crippen LogP) is 5.62. The minimum absolute atomic E-state index is 0.180. The lowest BCUT2D eigenvalue weighted by Gasteiger charge is -2.21. The summed E-state index contributed by atoms with van der Waals surface area (Å²) >= 11 is 3.42. The molecule has 0 fully saturated rings. The summed E-state index contributed by atoms with van der Waals surface area (Å²) in [6.07, 6.45) is 1.55. The van der Waals surface area contributed by atoms with E-state index in [-0.39, 0.29) is 17.7 Å². The molecular formula is C28H26BrN3O5. The van der Waals surface area contributed by atoms with Gasteiger partial charge in [0, 0.05) is 15.5 Å². The molecule has 0 aliphatic heterocycles.